The van der Waals surface area contributed by atoms with Crippen molar-refractivity contribution in [2.24, 2.45) is 14.1 Å². The Kier molecular flexibility index (Phi) is 5.65. The third kappa shape index (κ3) is 4.18. The van der Waals surface area contributed by atoms with Crippen LogP contribution in [0, 0.1) is 6.92 Å². The Morgan fingerprint density at radius 2 is 1.79 bits per heavy atom. The molecule has 0 unspecified atom stereocenters. The van der Waals surface area contributed by atoms with Gasteiger partial charge in [0.1, 0.15) is 11.3 Å². The molecule has 4 aromatic rings. The number of methoxy groups -OCH3 is 1. The molecule has 33 heavy (non-hydrogen) atoms. The third-order valence-electron chi connectivity index (χ3n) is 5.06. The van der Waals surface area contributed by atoms with Gasteiger partial charge in [-0.15, -0.1) is 0 Å². The van der Waals surface area contributed by atoms with E-state index in [2.05, 4.69) is 15.3 Å². The van der Waals surface area contributed by atoms with Crippen LogP contribution < -0.4 is 26.0 Å². The Balaban J connectivity index is 1.54. The molecule has 168 valence electrons. The van der Waals surface area contributed by atoms with Crippen molar-refractivity contribution in [2.45, 2.75) is 6.92 Å². The maximum Gasteiger partial charge on any atom is 0.332 e. The van der Waals surface area contributed by atoms with Crippen LogP contribution in [0.2, 0.25) is 0 Å². The van der Waals surface area contributed by atoms with Crippen LogP contribution >= 0.6 is 0 Å². The molecule has 1 amide bonds. The van der Waals surface area contributed by atoms with Gasteiger partial charge in [0.05, 0.1) is 24.4 Å². The minimum atomic E-state index is -0.525. The summed E-state index contributed by atoms with van der Waals surface area (Å²) in [6, 6.07) is 11.7. The predicted octanol–water partition coefficient (Wildman–Crippen LogP) is 2.39. The number of nitrogens with one attached hydrogen (secondary N) is 1. The van der Waals surface area contributed by atoms with E-state index < -0.39 is 17.2 Å². The van der Waals surface area contributed by atoms with Crippen molar-refractivity contribution in [3.05, 3.63) is 80.8 Å². The Morgan fingerprint density at radius 1 is 1.00 bits per heavy atom. The first kappa shape index (κ1) is 21.8. The smallest absolute Gasteiger partial charge is 0.332 e. The molecular formula is C23H21N5O5. The molecular weight excluding hydrogens is 426 g/mol. The first-order valence-electron chi connectivity index (χ1n) is 9.95. The second kappa shape index (κ2) is 8.58. The highest BCUT2D eigenvalue weighted by Crippen LogP contribution is 2.31. The fraction of sp³-hybridized carbons (Fsp3) is 0.174. The van der Waals surface area contributed by atoms with Crippen LogP contribution in [0.5, 0.6) is 17.4 Å². The third-order valence-corrected chi connectivity index (χ3v) is 5.06. The zero-order chi connectivity index (χ0) is 23.7. The van der Waals surface area contributed by atoms with Crippen LogP contribution in [0.1, 0.15) is 16.1 Å². The molecule has 0 aliphatic heterocycles. The highest BCUT2D eigenvalue weighted by molar-refractivity contribution is 6.03. The second-order valence-electron chi connectivity index (χ2n) is 7.37. The van der Waals surface area contributed by atoms with Gasteiger partial charge in [0.15, 0.2) is 11.5 Å². The van der Waals surface area contributed by atoms with Crippen LogP contribution in [0.4, 0.5) is 5.69 Å². The number of ether oxygens (including phenoxy) is 2. The van der Waals surface area contributed by atoms with Gasteiger partial charge in [-0.2, -0.15) is 0 Å². The lowest BCUT2D eigenvalue weighted by atomic mass is 10.2. The van der Waals surface area contributed by atoms with E-state index in [1.165, 1.54) is 37.0 Å². The number of carbonyl (C=O) groups excluding carboxylic acids is 1. The molecule has 0 saturated carbocycles. The molecule has 10 nitrogen and oxygen atoms in total. The van der Waals surface area contributed by atoms with Crippen LogP contribution in [0.25, 0.3) is 11.0 Å². The summed E-state index contributed by atoms with van der Waals surface area (Å²) in [5, 5.41) is 2.93. The zero-order valence-corrected chi connectivity index (χ0v) is 18.4. The van der Waals surface area contributed by atoms with Gasteiger partial charge >= 0.3 is 5.69 Å². The lowest BCUT2D eigenvalue weighted by molar-refractivity contribution is 0.102. The van der Waals surface area contributed by atoms with Crippen molar-refractivity contribution in [1.82, 2.24) is 19.1 Å². The van der Waals surface area contributed by atoms with E-state index in [-0.39, 0.29) is 16.7 Å². The number of aromatic nitrogens is 4. The molecule has 0 atom stereocenters. The number of rotatable bonds is 5. The van der Waals surface area contributed by atoms with Gasteiger partial charge in [-0.25, -0.2) is 14.8 Å². The molecule has 3 heterocycles. The van der Waals surface area contributed by atoms with E-state index in [1.807, 2.05) is 19.1 Å². The lowest BCUT2D eigenvalue weighted by Crippen LogP contribution is -2.37. The molecule has 10 heteroatoms. The predicted molar refractivity (Wildman–Crippen MR) is 122 cm³/mol. The number of benzene rings is 1. The summed E-state index contributed by atoms with van der Waals surface area (Å²) >= 11 is 0. The maximum atomic E-state index is 12.7. The molecule has 0 saturated heterocycles. The quantitative estimate of drug-likeness (QED) is 0.499. The minimum Gasteiger partial charge on any atom is -0.493 e. The van der Waals surface area contributed by atoms with Gasteiger partial charge in [0, 0.05) is 20.2 Å². The number of carbonyl (C=O) groups is 1. The summed E-state index contributed by atoms with van der Waals surface area (Å²) in [5.74, 6) is 0.913. The number of hydrogen-bond acceptors (Lipinski definition) is 7. The molecule has 0 aliphatic carbocycles. The molecule has 4 rings (SSSR count). The fourth-order valence-corrected chi connectivity index (χ4v) is 3.26. The first-order valence-corrected chi connectivity index (χ1v) is 9.95. The molecule has 1 N–H and O–H groups in total. The highest BCUT2D eigenvalue weighted by atomic mass is 16.5. The summed E-state index contributed by atoms with van der Waals surface area (Å²) in [6.07, 6.45) is 1.44. The van der Waals surface area contributed by atoms with Crippen LogP contribution in [-0.2, 0) is 14.1 Å². The van der Waals surface area contributed by atoms with E-state index in [9.17, 15) is 14.4 Å². The average molecular weight is 447 g/mol. The summed E-state index contributed by atoms with van der Waals surface area (Å²) < 4.78 is 13.3. The monoisotopic (exact) mass is 447 g/mol. The number of pyridine rings is 2. The van der Waals surface area contributed by atoms with Crippen LogP contribution in [0.15, 0.2) is 58.3 Å². The number of nitrogens with zero attached hydrogens (tertiary/aromatic N) is 4. The molecule has 1 aromatic carbocycles. The topological polar surface area (TPSA) is 117 Å². The Hall–Kier alpha value is -4.47. The molecule has 0 bridgehead atoms. The van der Waals surface area contributed by atoms with Crippen molar-refractivity contribution < 1.29 is 14.3 Å². The number of hydrogen-bond donors (Lipinski definition) is 1. The average Bonchev–Trinajstić information content (AvgIpc) is 2.83. The summed E-state index contributed by atoms with van der Waals surface area (Å²) in [7, 11) is 4.44. The van der Waals surface area contributed by atoms with Crippen molar-refractivity contribution in [1.29, 1.82) is 0 Å². The fourth-order valence-electron chi connectivity index (χ4n) is 3.26. The second-order valence-corrected chi connectivity index (χ2v) is 7.37. The minimum absolute atomic E-state index is 0.0514. The van der Waals surface area contributed by atoms with Crippen LogP contribution in [0.3, 0.4) is 0 Å². The van der Waals surface area contributed by atoms with Crippen molar-refractivity contribution in [3.8, 4) is 17.4 Å². The van der Waals surface area contributed by atoms with Crippen molar-refractivity contribution in [2.75, 3.05) is 12.4 Å². The number of amides is 1. The van der Waals surface area contributed by atoms with Crippen LogP contribution in [-0.4, -0.2) is 32.1 Å². The summed E-state index contributed by atoms with van der Waals surface area (Å²) in [5.41, 5.74) is 0.635. The summed E-state index contributed by atoms with van der Waals surface area (Å²) in [4.78, 5) is 45.5. The van der Waals surface area contributed by atoms with E-state index in [4.69, 9.17) is 9.47 Å². The van der Waals surface area contributed by atoms with Gasteiger partial charge in [-0.05, 0) is 42.8 Å². The van der Waals surface area contributed by atoms with Gasteiger partial charge in [0.25, 0.3) is 11.5 Å². The van der Waals surface area contributed by atoms with E-state index in [1.54, 1.807) is 25.3 Å². The van der Waals surface area contributed by atoms with Crippen molar-refractivity contribution in [3.63, 3.8) is 0 Å². The Bertz CT molecular complexity index is 1490. The van der Waals surface area contributed by atoms with Gasteiger partial charge in [0.2, 0.25) is 5.88 Å². The lowest BCUT2D eigenvalue weighted by Gasteiger charge is -2.11. The Morgan fingerprint density at radius 3 is 2.48 bits per heavy atom. The maximum absolute atomic E-state index is 12.7. The van der Waals surface area contributed by atoms with Crippen molar-refractivity contribution >= 4 is 22.6 Å². The SMILES string of the molecule is COc1cc(C)ccc1Oc1ccc(NC(=O)c2ccc3c(=O)n(C)c(=O)n(C)c3n2)cn1. The molecule has 0 spiro atoms. The largest absolute Gasteiger partial charge is 0.493 e. The van der Waals surface area contributed by atoms with Gasteiger partial charge in [-0.3, -0.25) is 18.7 Å². The van der Waals surface area contributed by atoms with E-state index >= 15 is 0 Å². The molecule has 0 fully saturated rings. The number of anilines is 1. The first-order chi connectivity index (χ1) is 15.8. The summed E-state index contributed by atoms with van der Waals surface area (Å²) in [6.45, 7) is 1.95. The molecule has 0 radical (unpaired) electrons. The van der Waals surface area contributed by atoms with Gasteiger partial charge < -0.3 is 14.8 Å². The number of aryl methyl sites for hydroxylation is 2. The highest BCUT2D eigenvalue weighted by Gasteiger charge is 2.14. The molecule has 3 aromatic heterocycles. The normalized spacial score (nSPS) is 10.8. The van der Waals surface area contributed by atoms with E-state index in [0.717, 1.165) is 10.1 Å². The Labute approximate surface area is 188 Å². The zero-order valence-electron chi connectivity index (χ0n) is 18.4. The van der Waals surface area contributed by atoms with E-state index in [0.29, 0.717) is 23.1 Å². The van der Waals surface area contributed by atoms with Gasteiger partial charge in [-0.1, -0.05) is 6.07 Å². The standard InChI is InChI=1S/C23H21N5O5/c1-13-5-9-17(18(11-13)32-4)33-19-10-6-14(12-24-19)25-21(29)16-8-7-15-20(26-16)27(2)23(31)28(3)22(15)30/h5-12H,1-4H3,(H,25,29). The number of fused-ring (bicyclic) bond motifs is 1. The molecule has 0 aliphatic rings.